The number of fused-ring (bicyclic) bond motifs is 2. The lowest BCUT2D eigenvalue weighted by Crippen LogP contribution is -2.24. The van der Waals surface area contributed by atoms with Gasteiger partial charge in [0.1, 0.15) is 18.2 Å². The Labute approximate surface area is 398 Å². The molecule has 8 aromatic rings. The summed E-state index contributed by atoms with van der Waals surface area (Å²) >= 11 is 0. The first kappa shape index (κ1) is 49.3. The lowest BCUT2D eigenvalue weighted by Gasteiger charge is -2.20. The Morgan fingerprint density at radius 3 is 1.42 bits per heavy atom. The first-order valence-electron chi connectivity index (χ1n) is 22.1. The molecule has 0 aliphatic heterocycles. The number of aryl methyl sites for hydroxylation is 2. The van der Waals surface area contributed by atoms with E-state index in [9.17, 15) is 19.5 Å². The van der Waals surface area contributed by atoms with E-state index >= 15 is 8.78 Å². The Balaban J connectivity index is 0.000000205. The lowest BCUT2D eigenvalue weighted by atomic mass is 9.86. The van der Waals surface area contributed by atoms with E-state index in [2.05, 4.69) is 20.2 Å². The average Bonchev–Trinajstić information content (AvgIpc) is 3.30. The van der Waals surface area contributed by atoms with Gasteiger partial charge >= 0.3 is 5.97 Å². The zero-order valence-corrected chi connectivity index (χ0v) is 40.5. The van der Waals surface area contributed by atoms with Crippen LogP contribution >= 0.6 is 0 Å². The van der Waals surface area contributed by atoms with Gasteiger partial charge < -0.3 is 19.3 Å². The van der Waals surface area contributed by atoms with Crippen LogP contribution in [-0.2, 0) is 33.6 Å². The van der Waals surface area contributed by atoms with E-state index in [1.165, 1.54) is 38.6 Å². The standard InChI is InChI=1S/C28H28FN3O4.C26H26FN3O3/c1-16-20(10-11-25(31-16)35-6)21-8-7-9-24(22(21)15-36-17(2)33)32-27(34)26-18(14-30-32)12-19(13-23(26)29)28(3,4)5;1-15-18(9-10-23(29-15)33-5)19-7-6-8-22(20(19)14-31)30-25(32)24-16(13-28-30)11-17(12-21(24)27)26(2,3)4/h7-14H,15H2,1-6H3;6-13,31H,14H2,1-5H3. The summed E-state index contributed by atoms with van der Waals surface area (Å²) in [6.45, 7) is 16.4. The van der Waals surface area contributed by atoms with Crippen molar-refractivity contribution in [2.45, 2.75) is 86.4 Å². The first-order valence-corrected chi connectivity index (χ1v) is 22.1. The number of hydrogen-bond acceptors (Lipinski definition) is 11. The van der Waals surface area contributed by atoms with Crippen LogP contribution in [-0.4, -0.2) is 54.8 Å². The van der Waals surface area contributed by atoms with Gasteiger partial charge in [-0.2, -0.15) is 19.6 Å². The number of aliphatic hydroxyl groups is 1. The topological polar surface area (TPSA) is 161 Å². The molecule has 4 aromatic carbocycles. The Bertz CT molecular complexity index is 3410. The molecule has 0 aliphatic rings. The molecule has 69 heavy (non-hydrogen) atoms. The number of nitrogens with zero attached hydrogens (tertiary/aromatic N) is 6. The highest BCUT2D eigenvalue weighted by atomic mass is 19.1. The maximum absolute atomic E-state index is 15.2. The second-order valence-electron chi connectivity index (χ2n) is 18.6. The molecule has 0 radical (unpaired) electrons. The normalized spacial score (nSPS) is 11.6. The number of hydrogen-bond donors (Lipinski definition) is 1. The Morgan fingerprint density at radius 2 is 1.04 bits per heavy atom. The summed E-state index contributed by atoms with van der Waals surface area (Å²) in [4.78, 5) is 47.4. The monoisotopic (exact) mass is 936 g/mol. The zero-order valence-electron chi connectivity index (χ0n) is 40.5. The van der Waals surface area contributed by atoms with Gasteiger partial charge in [0.2, 0.25) is 11.8 Å². The van der Waals surface area contributed by atoms with E-state index in [0.717, 1.165) is 31.6 Å². The predicted molar refractivity (Wildman–Crippen MR) is 262 cm³/mol. The van der Waals surface area contributed by atoms with Gasteiger partial charge in [0.05, 0.1) is 55.4 Å². The molecule has 0 fully saturated rings. The van der Waals surface area contributed by atoms with Gasteiger partial charge in [-0.05, 0) is 95.5 Å². The number of halogens is 2. The van der Waals surface area contributed by atoms with E-state index in [-0.39, 0.29) is 34.8 Å². The van der Waals surface area contributed by atoms with Crippen molar-refractivity contribution in [2.75, 3.05) is 14.2 Å². The molecule has 0 saturated carbocycles. The molecule has 0 saturated heterocycles. The molecule has 13 nitrogen and oxygen atoms in total. The Hall–Kier alpha value is -7.65. The molecular weight excluding hydrogens is 883 g/mol. The maximum Gasteiger partial charge on any atom is 0.302 e. The number of aliphatic hydroxyl groups excluding tert-OH is 1. The average molecular weight is 937 g/mol. The first-order chi connectivity index (χ1) is 32.7. The van der Waals surface area contributed by atoms with Crippen LogP contribution < -0.4 is 20.6 Å². The third-order valence-electron chi connectivity index (χ3n) is 11.9. The predicted octanol–water partition coefficient (Wildman–Crippen LogP) is 9.96. The van der Waals surface area contributed by atoms with Crippen LogP contribution in [0.3, 0.4) is 0 Å². The van der Waals surface area contributed by atoms with Crippen molar-refractivity contribution in [1.82, 2.24) is 29.5 Å². The molecule has 4 heterocycles. The molecule has 0 spiro atoms. The van der Waals surface area contributed by atoms with Gasteiger partial charge in [-0.15, -0.1) is 0 Å². The third kappa shape index (κ3) is 10.00. The molecule has 1 N–H and O–H groups in total. The minimum atomic E-state index is -0.605. The SMILES string of the molecule is COc1ccc(-c2cccc(-n3ncc4cc(C(C)(C)C)cc(F)c4c3=O)c2CO)c(C)n1.COc1ccc(-c2cccc(-n3ncc4cc(C(C)(C)C)cc(F)c4c3=O)c2COC(C)=O)c(C)n1. The number of aromatic nitrogens is 6. The van der Waals surface area contributed by atoms with Crippen molar-refractivity contribution in [3.63, 3.8) is 0 Å². The molecular formula is C54H54F2N6O7. The number of esters is 1. The summed E-state index contributed by atoms with van der Waals surface area (Å²) in [5, 5.41) is 19.7. The zero-order chi connectivity index (χ0) is 50.1. The number of benzene rings is 4. The quantitative estimate of drug-likeness (QED) is 0.137. The van der Waals surface area contributed by atoms with Gasteiger partial charge in [-0.3, -0.25) is 14.4 Å². The van der Waals surface area contributed by atoms with Crippen LogP contribution in [0.2, 0.25) is 0 Å². The van der Waals surface area contributed by atoms with Gasteiger partial charge in [0.15, 0.2) is 0 Å². The smallest absolute Gasteiger partial charge is 0.302 e. The Morgan fingerprint density at radius 1 is 0.623 bits per heavy atom. The van der Waals surface area contributed by atoms with Crippen molar-refractivity contribution in [2.24, 2.45) is 0 Å². The molecule has 0 bridgehead atoms. The molecule has 0 amide bonds. The summed E-state index contributed by atoms with van der Waals surface area (Å²) < 4.78 is 48.3. The van der Waals surface area contributed by atoms with E-state index in [4.69, 9.17) is 14.2 Å². The van der Waals surface area contributed by atoms with Gasteiger partial charge in [0.25, 0.3) is 11.1 Å². The maximum atomic E-state index is 15.2. The highest BCUT2D eigenvalue weighted by Gasteiger charge is 2.23. The molecule has 356 valence electrons. The number of methoxy groups -OCH3 is 2. The minimum absolute atomic E-state index is 0.0328. The molecule has 15 heteroatoms. The van der Waals surface area contributed by atoms with Crippen molar-refractivity contribution in [3.05, 3.63) is 163 Å². The van der Waals surface area contributed by atoms with Crippen LogP contribution in [0.5, 0.6) is 11.8 Å². The lowest BCUT2D eigenvalue weighted by molar-refractivity contribution is -0.142. The third-order valence-corrected chi connectivity index (χ3v) is 11.9. The molecule has 0 atom stereocenters. The van der Waals surface area contributed by atoms with Crippen molar-refractivity contribution < 1.29 is 32.9 Å². The number of ether oxygens (including phenoxy) is 3. The fourth-order valence-electron chi connectivity index (χ4n) is 8.09. The van der Waals surface area contributed by atoms with Crippen molar-refractivity contribution in [3.8, 4) is 45.4 Å². The minimum Gasteiger partial charge on any atom is -0.481 e. The van der Waals surface area contributed by atoms with Crippen LogP contribution in [0.25, 0.3) is 55.2 Å². The summed E-state index contributed by atoms with van der Waals surface area (Å²) in [6.07, 6.45) is 2.97. The van der Waals surface area contributed by atoms with Crippen molar-refractivity contribution in [1.29, 1.82) is 0 Å². The number of carbonyl (C=O) groups is 1. The number of pyridine rings is 2. The molecule has 4 aromatic heterocycles. The van der Waals surface area contributed by atoms with Crippen LogP contribution in [0.1, 0.15) is 82.1 Å². The largest absolute Gasteiger partial charge is 0.481 e. The van der Waals surface area contributed by atoms with E-state index < -0.39 is 28.7 Å². The highest BCUT2D eigenvalue weighted by Crippen LogP contribution is 2.34. The summed E-state index contributed by atoms with van der Waals surface area (Å²) in [5.74, 6) is -0.719. The number of rotatable bonds is 9. The summed E-state index contributed by atoms with van der Waals surface area (Å²) in [5.41, 5.74) is 5.99. The second kappa shape index (κ2) is 19.5. The fraction of sp³-hybridized carbons (Fsp3) is 0.278. The summed E-state index contributed by atoms with van der Waals surface area (Å²) in [6, 6.07) is 24.2. The number of carbonyl (C=O) groups excluding carboxylic acids is 1. The second-order valence-corrected chi connectivity index (χ2v) is 18.6. The summed E-state index contributed by atoms with van der Waals surface area (Å²) in [7, 11) is 3.08. The van der Waals surface area contributed by atoms with Crippen LogP contribution in [0.4, 0.5) is 8.78 Å². The van der Waals surface area contributed by atoms with E-state index in [0.29, 0.717) is 67.5 Å². The molecule has 0 aliphatic carbocycles. The highest BCUT2D eigenvalue weighted by molar-refractivity contribution is 5.84. The van der Waals surface area contributed by atoms with Crippen LogP contribution in [0.15, 0.2) is 107 Å². The van der Waals surface area contributed by atoms with Crippen LogP contribution in [0, 0.1) is 25.5 Å². The van der Waals surface area contributed by atoms with Gasteiger partial charge in [-0.25, -0.2) is 18.7 Å². The molecule has 0 unspecified atom stereocenters. The van der Waals surface area contributed by atoms with Gasteiger partial charge in [0, 0.05) is 63.5 Å². The van der Waals surface area contributed by atoms with Gasteiger partial charge in [-0.1, -0.05) is 65.8 Å². The molecule has 8 rings (SSSR count). The van der Waals surface area contributed by atoms with Crippen molar-refractivity contribution >= 4 is 27.5 Å². The van der Waals surface area contributed by atoms with E-state index in [1.807, 2.05) is 79.7 Å². The Kier molecular flexibility index (Phi) is 13.9. The fourth-order valence-corrected chi connectivity index (χ4v) is 8.09. The van der Waals surface area contributed by atoms with E-state index in [1.54, 1.807) is 55.6 Å².